The molecule has 3 rings (SSSR count). The molecule has 2 fully saturated rings. The molecule has 1 aromatic carbocycles. The van der Waals surface area contributed by atoms with Crippen molar-refractivity contribution in [1.82, 2.24) is 9.80 Å². The number of amides is 1. The molecular weight excluding hydrogens is 352 g/mol. The fraction of sp³-hybridized carbons (Fsp3) is 0.609. The number of carbonyl (C=O) groups is 1. The summed E-state index contributed by atoms with van der Waals surface area (Å²) in [6, 6.07) is 10.5. The van der Waals surface area contributed by atoms with Gasteiger partial charge in [-0.3, -0.25) is 9.69 Å². The Morgan fingerprint density at radius 3 is 2.64 bits per heavy atom. The van der Waals surface area contributed by atoms with Crippen LogP contribution in [0.5, 0.6) is 0 Å². The lowest BCUT2D eigenvalue weighted by Crippen LogP contribution is -2.40. The molecular formula is C23H34N2O3. The van der Waals surface area contributed by atoms with Crippen LogP contribution in [0.1, 0.15) is 26.3 Å². The average Bonchev–Trinajstić information content (AvgIpc) is 3.20. The minimum atomic E-state index is -0.207. The monoisotopic (exact) mass is 386 g/mol. The molecule has 0 aliphatic carbocycles. The van der Waals surface area contributed by atoms with Gasteiger partial charge in [-0.2, -0.15) is 0 Å². The zero-order valence-electron chi connectivity index (χ0n) is 17.4. The van der Waals surface area contributed by atoms with Crippen LogP contribution in [0.25, 0.3) is 5.57 Å². The first-order valence-corrected chi connectivity index (χ1v) is 10.4. The van der Waals surface area contributed by atoms with Crippen LogP contribution < -0.4 is 0 Å². The number of allylic oxidation sites excluding steroid dienone is 1. The Hall–Kier alpha value is -1.69. The highest BCUT2D eigenvalue weighted by molar-refractivity contribution is 5.78. The van der Waals surface area contributed by atoms with Gasteiger partial charge in [-0.1, -0.05) is 50.3 Å². The molecule has 2 aliphatic heterocycles. The van der Waals surface area contributed by atoms with Crippen LogP contribution >= 0.6 is 0 Å². The lowest BCUT2D eigenvalue weighted by molar-refractivity contribution is -0.135. The van der Waals surface area contributed by atoms with Gasteiger partial charge < -0.3 is 14.7 Å². The van der Waals surface area contributed by atoms with Gasteiger partial charge in [0.1, 0.15) is 6.61 Å². The Labute approximate surface area is 169 Å². The van der Waals surface area contributed by atoms with E-state index in [9.17, 15) is 9.90 Å². The summed E-state index contributed by atoms with van der Waals surface area (Å²) >= 11 is 0. The SMILES string of the molecule is CCOCC(=O)N1CC2CN(C/C(=C\C(C)C)c3ccccc3)CC2(CO)C1. The van der Waals surface area contributed by atoms with Crippen LogP contribution in [0.3, 0.4) is 0 Å². The Bertz CT molecular complexity index is 688. The molecule has 1 amide bonds. The molecule has 5 nitrogen and oxygen atoms in total. The van der Waals surface area contributed by atoms with Crippen molar-refractivity contribution in [3.8, 4) is 0 Å². The summed E-state index contributed by atoms with van der Waals surface area (Å²) in [4.78, 5) is 16.7. The second kappa shape index (κ2) is 9.21. The Balaban J connectivity index is 1.68. The van der Waals surface area contributed by atoms with E-state index in [2.05, 4.69) is 49.1 Å². The molecule has 2 aliphatic rings. The second-order valence-corrected chi connectivity index (χ2v) is 8.60. The average molecular weight is 387 g/mol. The van der Waals surface area contributed by atoms with Gasteiger partial charge >= 0.3 is 0 Å². The summed E-state index contributed by atoms with van der Waals surface area (Å²) < 4.78 is 5.28. The van der Waals surface area contributed by atoms with Crippen LogP contribution in [0, 0.1) is 17.3 Å². The predicted octanol–water partition coefficient (Wildman–Crippen LogP) is 2.52. The molecule has 0 spiro atoms. The van der Waals surface area contributed by atoms with Crippen LogP contribution in [0.15, 0.2) is 36.4 Å². The summed E-state index contributed by atoms with van der Waals surface area (Å²) in [6.07, 6.45) is 2.34. The third-order valence-corrected chi connectivity index (χ3v) is 6.00. The van der Waals surface area contributed by atoms with Crippen LogP contribution in [0.4, 0.5) is 0 Å². The van der Waals surface area contributed by atoms with Gasteiger partial charge in [0.15, 0.2) is 0 Å². The number of hydrogen-bond donors (Lipinski definition) is 1. The first kappa shape index (κ1) is 21.0. The third kappa shape index (κ3) is 4.65. The van der Waals surface area contributed by atoms with E-state index in [1.165, 1.54) is 11.1 Å². The summed E-state index contributed by atoms with van der Waals surface area (Å²) in [7, 11) is 0. The molecule has 5 heteroatoms. The summed E-state index contributed by atoms with van der Waals surface area (Å²) in [6.45, 7) is 11.1. The highest BCUT2D eigenvalue weighted by Gasteiger charge is 2.53. The molecule has 0 radical (unpaired) electrons. The number of rotatable bonds is 8. The van der Waals surface area contributed by atoms with E-state index in [1.807, 2.05) is 17.9 Å². The van der Waals surface area contributed by atoms with Gasteiger partial charge in [0.05, 0.1) is 6.61 Å². The number of ether oxygens (including phenoxy) is 1. The van der Waals surface area contributed by atoms with Crippen molar-refractivity contribution < 1.29 is 14.6 Å². The van der Waals surface area contributed by atoms with Gasteiger partial charge in [-0.25, -0.2) is 0 Å². The Morgan fingerprint density at radius 1 is 1.29 bits per heavy atom. The third-order valence-electron chi connectivity index (χ3n) is 6.00. The van der Waals surface area contributed by atoms with Crippen molar-refractivity contribution in [2.24, 2.45) is 17.3 Å². The fourth-order valence-corrected chi connectivity index (χ4v) is 4.64. The van der Waals surface area contributed by atoms with Crippen molar-refractivity contribution in [3.05, 3.63) is 42.0 Å². The first-order valence-electron chi connectivity index (χ1n) is 10.4. The number of hydrogen-bond acceptors (Lipinski definition) is 4. The maximum Gasteiger partial charge on any atom is 0.248 e. The second-order valence-electron chi connectivity index (χ2n) is 8.60. The van der Waals surface area contributed by atoms with E-state index in [4.69, 9.17) is 4.74 Å². The smallest absolute Gasteiger partial charge is 0.248 e. The summed E-state index contributed by atoms with van der Waals surface area (Å²) in [5.74, 6) is 0.843. The molecule has 1 N–H and O–H groups in total. The van der Waals surface area contributed by atoms with E-state index < -0.39 is 0 Å². The molecule has 2 saturated heterocycles. The first-order chi connectivity index (χ1) is 13.5. The number of nitrogens with zero attached hydrogens (tertiary/aromatic N) is 2. The molecule has 1 aromatic rings. The highest BCUT2D eigenvalue weighted by Crippen LogP contribution is 2.42. The van der Waals surface area contributed by atoms with Crippen LogP contribution in [-0.2, 0) is 9.53 Å². The lowest BCUT2D eigenvalue weighted by atomic mass is 9.82. The van der Waals surface area contributed by atoms with Crippen molar-refractivity contribution in [3.63, 3.8) is 0 Å². The molecule has 154 valence electrons. The summed E-state index contributed by atoms with van der Waals surface area (Å²) in [5.41, 5.74) is 2.40. The van der Waals surface area contributed by atoms with Crippen LogP contribution in [-0.4, -0.2) is 73.4 Å². The normalized spacial score (nSPS) is 25.5. The number of fused-ring (bicyclic) bond motifs is 1. The van der Waals surface area contributed by atoms with Gasteiger partial charge in [-0.05, 0) is 29.9 Å². The number of benzene rings is 1. The maximum absolute atomic E-state index is 12.4. The zero-order chi connectivity index (χ0) is 20.1. The quantitative estimate of drug-likeness (QED) is 0.746. The number of aliphatic hydroxyl groups excluding tert-OH is 1. The summed E-state index contributed by atoms with van der Waals surface area (Å²) in [5, 5.41) is 10.2. The van der Waals surface area contributed by atoms with E-state index in [1.54, 1.807) is 0 Å². The molecule has 0 aromatic heterocycles. The Kier molecular flexibility index (Phi) is 6.91. The predicted molar refractivity (Wildman–Crippen MR) is 112 cm³/mol. The number of likely N-dealkylation sites (tertiary alicyclic amines) is 2. The molecule has 2 atom stereocenters. The topological polar surface area (TPSA) is 53.0 Å². The van der Waals surface area contributed by atoms with E-state index >= 15 is 0 Å². The fourth-order valence-electron chi connectivity index (χ4n) is 4.64. The maximum atomic E-state index is 12.4. The van der Waals surface area contributed by atoms with Crippen LogP contribution in [0.2, 0.25) is 0 Å². The lowest BCUT2D eigenvalue weighted by Gasteiger charge is -2.28. The minimum Gasteiger partial charge on any atom is -0.396 e. The highest BCUT2D eigenvalue weighted by atomic mass is 16.5. The van der Waals surface area contributed by atoms with Gasteiger partial charge in [0.2, 0.25) is 5.91 Å². The van der Waals surface area contributed by atoms with Gasteiger partial charge in [0.25, 0.3) is 0 Å². The van der Waals surface area contributed by atoms with Gasteiger partial charge in [0, 0.05) is 44.7 Å². The van der Waals surface area contributed by atoms with Gasteiger partial charge in [-0.15, -0.1) is 0 Å². The Morgan fingerprint density at radius 2 is 2.04 bits per heavy atom. The molecule has 2 heterocycles. The van der Waals surface area contributed by atoms with Crippen molar-refractivity contribution in [2.75, 3.05) is 52.5 Å². The van der Waals surface area contributed by atoms with E-state index in [-0.39, 0.29) is 24.5 Å². The molecule has 0 saturated carbocycles. The standard InChI is InChI=1S/C23H34N2O3/c1-4-28-14-22(27)25-13-21-12-24(15-23(21,16-25)17-26)11-20(10-18(2)3)19-8-6-5-7-9-19/h5-10,18,21,26H,4,11-17H2,1-3H3/b20-10+. The molecule has 0 bridgehead atoms. The number of carbonyl (C=O) groups excluding carboxylic acids is 1. The van der Waals surface area contributed by atoms with Crippen molar-refractivity contribution in [2.45, 2.75) is 20.8 Å². The van der Waals surface area contributed by atoms with E-state index in [0.717, 1.165) is 26.2 Å². The van der Waals surface area contributed by atoms with Crippen molar-refractivity contribution in [1.29, 1.82) is 0 Å². The molecule has 2 unspecified atom stereocenters. The minimum absolute atomic E-state index is 0.0419. The number of aliphatic hydroxyl groups is 1. The van der Waals surface area contributed by atoms with Crippen molar-refractivity contribution >= 4 is 11.5 Å². The largest absolute Gasteiger partial charge is 0.396 e. The zero-order valence-corrected chi connectivity index (χ0v) is 17.4. The van der Waals surface area contributed by atoms with E-state index in [0.29, 0.717) is 25.0 Å². The molecule has 28 heavy (non-hydrogen) atoms.